The van der Waals surface area contributed by atoms with Crippen molar-refractivity contribution < 1.29 is 58.6 Å². The van der Waals surface area contributed by atoms with Crippen LogP contribution in [0.3, 0.4) is 0 Å². The first-order valence-corrected chi connectivity index (χ1v) is 12.2. The lowest BCUT2D eigenvalue weighted by atomic mass is 9.80. The van der Waals surface area contributed by atoms with Gasteiger partial charge in [0.1, 0.15) is 30.7 Å². The summed E-state index contributed by atoms with van der Waals surface area (Å²) in [7, 11) is 0.497. The van der Waals surface area contributed by atoms with Crippen LogP contribution in [-0.4, -0.2) is 109 Å². The number of anilines is 1. The van der Waals surface area contributed by atoms with Crippen molar-refractivity contribution in [2.45, 2.75) is 57.1 Å². The van der Waals surface area contributed by atoms with Gasteiger partial charge in [-0.1, -0.05) is 19.9 Å². The number of carboxylic acid groups (broad SMARTS) is 1. The number of aliphatic hydroxyl groups is 3. The molecular formula is C21H31B3N4O12. The molecule has 19 heteroatoms. The molecule has 1 saturated heterocycles. The molecule has 1 heterocycles. The van der Waals surface area contributed by atoms with Gasteiger partial charge in [-0.2, -0.15) is 0 Å². The van der Waals surface area contributed by atoms with Crippen molar-refractivity contribution in [1.82, 2.24) is 10.5 Å². The third kappa shape index (κ3) is 9.23. The zero-order valence-corrected chi connectivity index (χ0v) is 22.0. The second kappa shape index (κ2) is 14.7. The number of amides is 3. The number of hydrogen-bond acceptors (Lipinski definition) is 12. The summed E-state index contributed by atoms with van der Waals surface area (Å²) in [5.41, 5.74) is 6.08. The molecule has 16 nitrogen and oxygen atoms in total. The normalized spacial score (nSPS) is 22.8. The number of ether oxygens (including phenoxy) is 3. The highest BCUT2D eigenvalue weighted by Crippen LogP contribution is 2.31. The molecule has 9 N–H and O–H groups in total. The molecule has 1 aromatic carbocycles. The smallest absolute Gasteiger partial charge is 0.344 e. The number of carbonyl (C=O) groups is 5. The third-order valence-corrected chi connectivity index (χ3v) is 5.60. The second-order valence-electron chi connectivity index (χ2n) is 9.24. The van der Waals surface area contributed by atoms with Crippen molar-refractivity contribution in [3.05, 3.63) is 23.8 Å². The van der Waals surface area contributed by atoms with Crippen LogP contribution in [0.1, 0.15) is 19.4 Å². The highest BCUT2D eigenvalue weighted by molar-refractivity contribution is 6.75. The first-order chi connectivity index (χ1) is 18.7. The molecule has 0 saturated carbocycles. The van der Waals surface area contributed by atoms with E-state index < -0.39 is 67.6 Å². The van der Waals surface area contributed by atoms with E-state index in [-0.39, 0.29) is 37.3 Å². The van der Waals surface area contributed by atoms with Crippen LogP contribution in [-0.2, 0) is 30.5 Å². The van der Waals surface area contributed by atoms with Gasteiger partial charge in [0, 0.05) is 5.92 Å². The standard InChI is InChI=1S/C21H31B3N4O12/c1-7(2)16(32)27-23-15(25)17(33)28-24-21(37)26-9-5-8(6-38-20(22)36)3-4-10(9)39-19-13(31)11(29)12(30)14(40-19)18(34)35/h3-5,7,11-15,19,23-24,29-31H,6,22,25H2,1-2H3,(H,26,37)(H,27,32)(H,28,33)(H,34,35)/t11-,12-,13+,14-,15?,19+/m0/s1. The van der Waals surface area contributed by atoms with E-state index in [0.29, 0.717) is 5.56 Å². The number of nitrogens with one attached hydrogen (secondary N) is 3. The molecule has 0 aliphatic carbocycles. The van der Waals surface area contributed by atoms with Crippen molar-refractivity contribution in [3.63, 3.8) is 0 Å². The van der Waals surface area contributed by atoms with Gasteiger partial charge in [0.15, 0.2) is 11.9 Å². The number of nitrogens with two attached hydrogens (primary N) is 1. The third-order valence-electron chi connectivity index (χ3n) is 5.60. The quantitative estimate of drug-likeness (QED) is 0.112. The highest BCUT2D eigenvalue weighted by Gasteiger charge is 2.48. The monoisotopic (exact) mass is 564 g/mol. The zero-order valence-electron chi connectivity index (χ0n) is 22.0. The van der Waals surface area contributed by atoms with Crippen LogP contribution in [0.2, 0.25) is 0 Å². The molecule has 1 aliphatic heterocycles. The Kier molecular flexibility index (Phi) is 11.9. The van der Waals surface area contributed by atoms with Gasteiger partial charge in [0.2, 0.25) is 31.8 Å². The summed E-state index contributed by atoms with van der Waals surface area (Å²) in [6.07, 6.45) is -9.42. The fraction of sp³-hybridized carbons (Fsp3) is 0.476. The number of carbonyl (C=O) groups excluding carboxylic acids is 4. The van der Waals surface area contributed by atoms with E-state index in [1.807, 2.05) is 0 Å². The second-order valence-corrected chi connectivity index (χ2v) is 9.24. The van der Waals surface area contributed by atoms with Gasteiger partial charge in [-0.3, -0.25) is 19.2 Å². The van der Waals surface area contributed by atoms with Gasteiger partial charge in [-0.05, 0) is 17.7 Å². The molecule has 3 amide bonds. The summed E-state index contributed by atoms with van der Waals surface area (Å²) < 4.78 is 15.6. The Bertz CT molecular complexity index is 1110. The van der Waals surface area contributed by atoms with Crippen molar-refractivity contribution in [1.29, 1.82) is 0 Å². The summed E-state index contributed by atoms with van der Waals surface area (Å²) in [4.78, 5) is 59.0. The zero-order chi connectivity index (χ0) is 30.1. The van der Waals surface area contributed by atoms with Crippen molar-refractivity contribution in [3.8, 4) is 5.75 Å². The average molecular weight is 564 g/mol. The molecule has 0 bridgehead atoms. The van der Waals surface area contributed by atoms with Gasteiger partial charge < -0.3 is 56.1 Å². The minimum Gasteiger partial charge on any atom is -0.479 e. The highest BCUT2D eigenvalue weighted by atomic mass is 16.7. The van der Waals surface area contributed by atoms with E-state index in [0.717, 1.165) is 0 Å². The van der Waals surface area contributed by atoms with E-state index >= 15 is 0 Å². The molecule has 216 valence electrons. The average Bonchev–Trinajstić information content (AvgIpc) is 2.89. The minimum atomic E-state index is -1.94. The van der Waals surface area contributed by atoms with E-state index in [4.69, 9.17) is 19.9 Å². The molecule has 40 heavy (non-hydrogen) atoms. The molecule has 1 aliphatic rings. The molecule has 6 atom stereocenters. The van der Waals surface area contributed by atoms with Crippen molar-refractivity contribution in [2.75, 3.05) is 5.32 Å². The van der Waals surface area contributed by atoms with Crippen LogP contribution in [0.15, 0.2) is 18.2 Å². The summed E-state index contributed by atoms with van der Waals surface area (Å²) in [6, 6.07) is 4.08. The SMILES string of the molecule is BC(=O)OCc1ccc(O[C@@H]2O[C@H](C(=O)O)[C@@H](O)[C@H](O)[C@H]2O)c(NC(=O)BNC(=O)C(N)BNC(=O)C(C)C)c1. The lowest BCUT2D eigenvalue weighted by Crippen LogP contribution is -2.61. The largest absolute Gasteiger partial charge is 0.479 e. The van der Waals surface area contributed by atoms with Crippen LogP contribution < -0.4 is 26.2 Å². The van der Waals surface area contributed by atoms with Gasteiger partial charge in [-0.25, -0.2) is 4.79 Å². The predicted octanol–water partition coefficient (Wildman–Crippen LogP) is -4.36. The molecule has 0 radical (unpaired) electrons. The summed E-state index contributed by atoms with van der Waals surface area (Å²) in [5.74, 6) is -5.55. The molecule has 1 unspecified atom stereocenters. The van der Waals surface area contributed by atoms with Crippen LogP contribution in [0.4, 0.5) is 15.3 Å². The Morgan fingerprint density at radius 2 is 1.75 bits per heavy atom. The maximum atomic E-state index is 12.6. The lowest BCUT2D eigenvalue weighted by Gasteiger charge is -2.38. The fourth-order valence-corrected chi connectivity index (χ4v) is 3.33. The van der Waals surface area contributed by atoms with E-state index in [2.05, 4.69) is 15.8 Å². The van der Waals surface area contributed by atoms with E-state index in [9.17, 15) is 44.4 Å². The van der Waals surface area contributed by atoms with Crippen LogP contribution in [0.25, 0.3) is 0 Å². The number of aliphatic hydroxyl groups excluding tert-OH is 3. The van der Waals surface area contributed by atoms with E-state index in [1.54, 1.807) is 13.8 Å². The Morgan fingerprint density at radius 1 is 1.07 bits per heavy atom. The van der Waals surface area contributed by atoms with Crippen molar-refractivity contribution >= 4 is 57.8 Å². The fourth-order valence-electron chi connectivity index (χ4n) is 3.33. The molecular weight excluding hydrogens is 533 g/mol. The Morgan fingerprint density at radius 3 is 2.35 bits per heavy atom. The van der Waals surface area contributed by atoms with E-state index in [1.165, 1.54) is 26.0 Å². The Labute approximate surface area is 230 Å². The van der Waals surface area contributed by atoms with Crippen LogP contribution in [0, 0.1) is 5.92 Å². The van der Waals surface area contributed by atoms with Crippen molar-refractivity contribution in [2.24, 2.45) is 11.7 Å². The molecule has 1 aromatic rings. The topological polar surface area (TPSA) is 256 Å². The van der Waals surface area contributed by atoms with Gasteiger partial charge in [0.25, 0.3) is 7.41 Å². The van der Waals surface area contributed by atoms with Gasteiger partial charge in [-0.15, -0.1) is 0 Å². The Balaban J connectivity index is 2.14. The number of aliphatic carboxylic acids is 1. The Hall–Kier alpha value is -3.64. The first kappa shape index (κ1) is 32.6. The lowest BCUT2D eigenvalue weighted by molar-refractivity contribution is -0.271. The van der Waals surface area contributed by atoms with Crippen LogP contribution in [0.5, 0.6) is 5.75 Å². The number of rotatable bonds is 12. The van der Waals surface area contributed by atoms with Gasteiger partial charge >= 0.3 is 13.4 Å². The first-order valence-electron chi connectivity index (χ1n) is 12.2. The number of hydrogen-bond donors (Lipinski definition) is 8. The number of carboxylic acids is 1. The maximum Gasteiger partial charge on any atom is 0.344 e. The molecule has 1 fully saturated rings. The number of benzene rings is 1. The summed E-state index contributed by atoms with van der Waals surface area (Å²) >= 11 is 0. The minimum absolute atomic E-state index is 0.0549. The predicted molar refractivity (Wildman–Crippen MR) is 143 cm³/mol. The summed E-state index contributed by atoms with van der Waals surface area (Å²) in [5, 5.41) is 46.7. The molecule has 0 spiro atoms. The van der Waals surface area contributed by atoms with Gasteiger partial charge in [0.05, 0.1) is 11.6 Å². The van der Waals surface area contributed by atoms with Crippen LogP contribution >= 0.6 is 0 Å². The maximum absolute atomic E-state index is 12.6. The molecule has 0 aromatic heterocycles. The summed E-state index contributed by atoms with van der Waals surface area (Å²) in [6.45, 7) is 3.16. The molecule has 2 rings (SSSR count).